The van der Waals surface area contributed by atoms with Gasteiger partial charge < -0.3 is 5.32 Å². The number of nitrogens with one attached hydrogen (secondary N) is 2. The van der Waals surface area contributed by atoms with Crippen LogP contribution in [0.1, 0.15) is 13.8 Å². The summed E-state index contributed by atoms with van der Waals surface area (Å²) in [5.74, 6) is -0.737. The molecule has 2 rings (SSSR count). The molecule has 1 aliphatic rings. The van der Waals surface area contributed by atoms with E-state index in [1.165, 1.54) is 19.1 Å². The minimum Gasteiger partial charge on any atom is -0.326 e. The number of nitriles is 1. The van der Waals surface area contributed by atoms with Gasteiger partial charge in [-0.25, -0.2) is 8.42 Å². The number of carbonyl (C=O) groups is 1. The second-order valence-electron chi connectivity index (χ2n) is 5.31. The highest BCUT2D eigenvalue weighted by molar-refractivity contribution is 7.96. The normalized spacial score (nSPS) is 20.3. The van der Waals surface area contributed by atoms with Gasteiger partial charge in [0.25, 0.3) is 10.0 Å². The number of rotatable bonds is 4. The van der Waals surface area contributed by atoms with Crippen molar-refractivity contribution >= 4 is 27.3 Å². The van der Waals surface area contributed by atoms with Crippen LogP contribution in [0.3, 0.4) is 0 Å². The van der Waals surface area contributed by atoms with E-state index in [4.69, 9.17) is 5.26 Å². The number of hydrogen-bond donors (Lipinski definition) is 2. The number of allylic oxidation sites excluding steroid dienone is 3. The Morgan fingerprint density at radius 3 is 2.61 bits per heavy atom. The lowest BCUT2D eigenvalue weighted by atomic mass is 9.91. The smallest absolute Gasteiger partial charge is 0.261 e. The van der Waals surface area contributed by atoms with E-state index in [2.05, 4.69) is 16.1 Å². The molecule has 0 fully saturated rings. The third-order valence-corrected chi connectivity index (χ3v) is 4.75. The molecule has 1 aromatic carbocycles. The first-order valence-corrected chi connectivity index (χ1v) is 8.50. The van der Waals surface area contributed by atoms with Crippen molar-refractivity contribution in [3.05, 3.63) is 47.4 Å². The van der Waals surface area contributed by atoms with Gasteiger partial charge in [0, 0.05) is 12.6 Å². The molecular weight excluding hydrogens is 314 g/mol. The predicted octanol–water partition coefficient (Wildman–Crippen LogP) is 2.62. The molecule has 2 unspecified atom stereocenters. The van der Waals surface area contributed by atoms with Gasteiger partial charge in [-0.2, -0.15) is 5.26 Å². The fourth-order valence-electron chi connectivity index (χ4n) is 2.21. The summed E-state index contributed by atoms with van der Waals surface area (Å²) in [6.45, 7) is 3.17. The zero-order valence-electron chi connectivity index (χ0n) is 12.8. The number of sulfonamides is 1. The predicted molar refractivity (Wildman–Crippen MR) is 88.8 cm³/mol. The lowest BCUT2D eigenvalue weighted by molar-refractivity contribution is -0.114. The Hall–Kier alpha value is -2.59. The summed E-state index contributed by atoms with van der Waals surface area (Å²) < 4.78 is 27.3. The molecule has 0 heterocycles. The highest BCUT2D eigenvalue weighted by Gasteiger charge is 2.23. The van der Waals surface area contributed by atoms with Crippen molar-refractivity contribution in [2.75, 3.05) is 10.0 Å². The first-order chi connectivity index (χ1) is 10.8. The Kier molecular flexibility index (Phi) is 4.86. The lowest BCUT2D eigenvalue weighted by Gasteiger charge is -2.18. The minimum atomic E-state index is -3.74. The molecule has 0 saturated carbocycles. The molecule has 0 bridgehead atoms. The molecule has 1 amide bonds. The van der Waals surface area contributed by atoms with Crippen LogP contribution in [0.5, 0.6) is 0 Å². The Morgan fingerprint density at radius 1 is 1.30 bits per heavy atom. The maximum atomic E-state index is 12.4. The molecule has 120 valence electrons. The first-order valence-electron chi connectivity index (χ1n) is 7.02. The van der Waals surface area contributed by atoms with Crippen LogP contribution in [0.2, 0.25) is 0 Å². The minimum absolute atomic E-state index is 0.126. The largest absolute Gasteiger partial charge is 0.326 e. The van der Waals surface area contributed by atoms with Gasteiger partial charge in [-0.3, -0.25) is 9.52 Å². The van der Waals surface area contributed by atoms with Gasteiger partial charge in [0.15, 0.2) is 0 Å². The van der Waals surface area contributed by atoms with Gasteiger partial charge in [0.2, 0.25) is 5.91 Å². The van der Waals surface area contributed by atoms with Crippen LogP contribution >= 0.6 is 0 Å². The zero-order chi connectivity index (χ0) is 17.0. The Balaban J connectivity index is 2.21. The third-order valence-electron chi connectivity index (χ3n) is 3.36. The SMILES string of the molecule is CC(=O)Nc1cccc(NS(=O)(=O)C2=CC(C)C(C#N)C=C2)c1. The molecule has 0 radical (unpaired) electrons. The highest BCUT2D eigenvalue weighted by Crippen LogP contribution is 2.26. The maximum absolute atomic E-state index is 12.4. The van der Waals surface area contributed by atoms with Crippen LogP contribution in [-0.4, -0.2) is 14.3 Å². The summed E-state index contributed by atoms with van der Waals surface area (Å²) >= 11 is 0. The molecule has 23 heavy (non-hydrogen) atoms. The van der Waals surface area contributed by atoms with Crippen LogP contribution in [0.4, 0.5) is 11.4 Å². The molecule has 2 atom stereocenters. The molecular formula is C16H17N3O3S. The molecule has 0 aromatic heterocycles. The van der Waals surface area contributed by atoms with Crippen molar-refractivity contribution in [2.24, 2.45) is 11.8 Å². The van der Waals surface area contributed by atoms with Gasteiger partial charge in [0.05, 0.1) is 22.6 Å². The summed E-state index contributed by atoms with van der Waals surface area (Å²) in [7, 11) is -3.74. The summed E-state index contributed by atoms with van der Waals surface area (Å²) in [5.41, 5.74) is 0.851. The van der Waals surface area contributed by atoms with E-state index >= 15 is 0 Å². The highest BCUT2D eigenvalue weighted by atomic mass is 32.2. The first kappa shape index (κ1) is 16.8. The molecule has 1 aliphatic carbocycles. The van der Waals surface area contributed by atoms with Gasteiger partial charge in [0.1, 0.15) is 0 Å². The number of anilines is 2. The zero-order valence-corrected chi connectivity index (χ0v) is 13.6. The average molecular weight is 331 g/mol. The third kappa shape index (κ3) is 4.20. The van der Waals surface area contributed by atoms with E-state index in [-0.39, 0.29) is 22.6 Å². The van der Waals surface area contributed by atoms with E-state index in [0.717, 1.165) is 0 Å². The number of amides is 1. The Bertz CT molecular complexity index is 819. The summed E-state index contributed by atoms with van der Waals surface area (Å²) in [4.78, 5) is 11.2. The van der Waals surface area contributed by atoms with E-state index < -0.39 is 10.0 Å². The van der Waals surface area contributed by atoms with Crippen LogP contribution in [-0.2, 0) is 14.8 Å². The molecule has 1 aromatic rings. The summed E-state index contributed by atoms with van der Waals surface area (Å²) in [5, 5.41) is 11.6. The van der Waals surface area contributed by atoms with Crippen molar-refractivity contribution in [1.82, 2.24) is 0 Å². The molecule has 0 aliphatic heterocycles. The van der Waals surface area contributed by atoms with Gasteiger partial charge in [-0.15, -0.1) is 0 Å². The van der Waals surface area contributed by atoms with Crippen LogP contribution in [0.25, 0.3) is 0 Å². The van der Waals surface area contributed by atoms with Crippen molar-refractivity contribution in [2.45, 2.75) is 13.8 Å². The quantitative estimate of drug-likeness (QED) is 0.886. The van der Waals surface area contributed by atoms with Crippen LogP contribution in [0.15, 0.2) is 47.4 Å². The number of nitrogens with zero attached hydrogens (tertiary/aromatic N) is 1. The van der Waals surface area contributed by atoms with E-state index in [9.17, 15) is 13.2 Å². The Labute approximate surface area is 135 Å². The molecule has 0 saturated heterocycles. The molecule has 6 nitrogen and oxygen atoms in total. The van der Waals surface area contributed by atoms with Gasteiger partial charge in [-0.05, 0) is 30.2 Å². The van der Waals surface area contributed by atoms with Gasteiger partial charge >= 0.3 is 0 Å². The fraction of sp³-hybridized carbons (Fsp3) is 0.250. The summed E-state index contributed by atoms with van der Waals surface area (Å²) in [6.07, 6.45) is 4.59. The van der Waals surface area contributed by atoms with E-state index in [1.807, 2.05) is 0 Å². The van der Waals surface area contributed by atoms with Crippen molar-refractivity contribution in [3.63, 3.8) is 0 Å². The second kappa shape index (κ2) is 6.67. The van der Waals surface area contributed by atoms with Gasteiger partial charge in [-0.1, -0.05) is 25.1 Å². The topological polar surface area (TPSA) is 99.1 Å². The van der Waals surface area contributed by atoms with Crippen molar-refractivity contribution < 1.29 is 13.2 Å². The average Bonchev–Trinajstić information content (AvgIpc) is 2.46. The number of benzene rings is 1. The number of carbonyl (C=O) groups excluding carboxylic acids is 1. The van der Waals surface area contributed by atoms with Crippen molar-refractivity contribution in [1.29, 1.82) is 5.26 Å². The Morgan fingerprint density at radius 2 is 2.00 bits per heavy atom. The van der Waals surface area contributed by atoms with Crippen LogP contribution < -0.4 is 10.0 Å². The molecule has 7 heteroatoms. The molecule has 2 N–H and O–H groups in total. The van der Waals surface area contributed by atoms with E-state index in [1.54, 1.807) is 37.3 Å². The number of hydrogen-bond acceptors (Lipinski definition) is 4. The monoisotopic (exact) mass is 331 g/mol. The second-order valence-corrected chi connectivity index (χ2v) is 6.99. The summed E-state index contributed by atoms with van der Waals surface area (Å²) in [6, 6.07) is 8.55. The maximum Gasteiger partial charge on any atom is 0.261 e. The fourth-order valence-corrected chi connectivity index (χ4v) is 3.42. The lowest BCUT2D eigenvalue weighted by Crippen LogP contribution is -2.18. The van der Waals surface area contributed by atoms with Crippen molar-refractivity contribution in [3.8, 4) is 6.07 Å². The molecule has 0 spiro atoms. The van der Waals surface area contributed by atoms with E-state index in [0.29, 0.717) is 11.4 Å². The van der Waals surface area contributed by atoms with Crippen LogP contribution in [0, 0.1) is 23.2 Å². The standard InChI is InChI=1S/C16H17N3O3S/c1-11-8-16(7-6-13(11)10-17)23(21,22)19-15-5-3-4-14(9-15)18-12(2)20/h3-9,11,13,19H,1-2H3,(H,18,20).